The van der Waals surface area contributed by atoms with Crippen LogP contribution in [-0.4, -0.2) is 41.7 Å². The standard InChI is InChI=1S/C24H29F2N3O3Si/c1-24(2,3)33(4,5)32-17-12-21(18-10-15(25)6-7-20(18)26)28(14-17)16-8-9-29-22(11-16)19(13-27-29)23(30)31/h6-11,13,17,21H,12,14H2,1-5H3,(H,30,31)/t17-,21?/m1/s1. The Hall–Kier alpha value is -2.78. The van der Waals surface area contributed by atoms with Crippen LogP contribution in [0, 0.1) is 11.6 Å². The van der Waals surface area contributed by atoms with Gasteiger partial charge in [0.15, 0.2) is 8.32 Å². The van der Waals surface area contributed by atoms with Gasteiger partial charge >= 0.3 is 5.97 Å². The minimum atomic E-state index is -2.10. The van der Waals surface area contributed by atoms with Gasteiger partial charge in [0, 0.05) is 24.0 Å². The molecule has 1 fully saturated rings. The molecule has 1 saturated heterocycles. The Bertz CT molecular complexity index is 1210. The Balaban J connectivity index is 1.76. The maximum absolute atomic E-state index is 14.8. The number of hydrogen-bond acceptors (Lipinski definition) is 4. The van der Waals surface area contributed by atoms with E-state index in [-0.39, 0.29) is 22.3 Å². The molecule has 6 nitrogen and oxygen atoms in total. The molecule has 1 aliphatic heterocycles. The number of rotatable bonds is 5. The van der Waals surface area contributed by atoms with Gasteiger partial charge in [0.25, 0.3) is 0 Å². The fraction of sp³-hybridized carbons (Fsp3) is 0.417. The number of carboxylic acids is 1. The van der Waals surface area contributed by atoms with Crippen molar-refractivity contribution in [3.05, 3.63) is 65.5 Å². The zero-order valence-electron chi connectivity index (χ0n) is 19.5. The number of carboxylic acid groups (broad SMARTS) is 1. The zero-order chi connectivity index (χ0) is 24.1. The maximum atomic E-state index is 14.8. The number of fused-ring (bicyclic) bond motifs is 1. The summed E-state index contributed by atoms with van der Waals surface area (Å²) < 4.78 is 37.0. The summed E-state index contributed by atoms with van der Waals surface area (Å²) in [7, 11) is -2.10. The molecule has 1 N–H and O–H groups in total. The molecule has 0 radical (unpaired) electrons. The van der Waals surface area contributed by atoms with Crippen molar-refractivity contribution in [2.45, 2.75) is 57.5 Å². The predicted octanol–water partition coefficient (Wildman–Crippen LogP) is 5.65. The summed E-state index contributed by atoms with van der Waals surface area (Å²) in [6.45, 7) is 11.3. The van der Waals surface area contributed by atoms with Gasteiger partial charge in [0.2, 0.25) is 0 Å². The molecule has 33 heavy (non-hydrogen) atoms. The van der Waals surface area contributed by atoms with Crippen molar-refractivity contribution in [2.75, 3.05) is 11.4 Å². The number of carbonyl (C=O) groups is 1. The minimum Gasteiger partial charge on any atom is -0.478 e. The van der Waals surface area contributed by atoms with Crippen molar-refractivity contribution in [3.63, 3.8) is 0 Å². The highest BCUT2D eigenvalue weighted by Gasteiger charge is 2.43. The zero-order valence-corrected chi connectivity index (χ0v) is 20.5. The van der Waals surface area contributed by atoms with Gasteiger partial charge in [-0.2, -0.15) is 5.10 Å². The van der Waals surface area contributed by atoms with Crippen LogP contribution in [-0.2, 0) is 4.43 Å². The highest BCUT2D eigenvalue weighted by atomic mass is 28.4. The van der Waals surface area contributed by atoms with Crippen molar-refractivity contribution in [1.29, 1.82) is 0 Å². The Kier molecular flexibility index (Phi) is 5.82. The lowest BCUT2D eigenvalue weighted by Gasteiger charge is -2.38. The summed E-state index contributed by atoms with van der Waals surface area (Å²) in [5.74, 6) is -2.05. The molecule has 0 spiro atoms. The number of aromatic nitrogens is 2. The molecule has 9 heteroatoms. The van der Waals surface area contributed by atoms with Crippen molar-refractivity contribution in [2.24, 2.45) is 0 Å². The molecule has 0 bridgehead atoms. The van der Waals surface area contributed by atoms with Crippen molar-refractivity contribution in [3.8, 4) is 0 Å². The molecule has 2 atom stereocenters. The van der Waals surface area contributed by atoms with Crippen LogP contribution in [0.2, 0.25) is 18.1 Å². The van der Waals surface area contributed by atoms with Gasteiger partial charge in [-0.3, -0.25) is 0 Å². The average Bonchev–Trinajstić information content (AvgIpc) is 3.32. The average molecular weight is 474 g/mol. The number of hydrogen-bond donors (Lipinski definition) is 1. The van der Waals surface area contributed by atoms with E-state index in [2.05, 4.69) is 39.0 Å². The van der Waals surface area contributed by atoms with Crippen molar-refractivity contribution >= 4 is 25.5 Å². The molecule has 1 aromatic carbocycles. The fourth-order valence-corrected chi connectivity index (χ4v) is 5.50. The molecule has 0 saturated carbocycles. The number of benzene rings is 1. The van der Waals surface area contributed by atoms with Crippen LogP contribution < -0.4 is 4.90 Å². The van der Waals surface area contributed by atoms with Gasteiger partial charge in [0.1, 0.15) is 17.2 Å². The topological polar surface area (TPSA) is 67.1 Å². The second-order valence-corrected chi connectivity index (χ2v) is 14.9. The third-order valence-corrected chi connectivity index (χ3v) is 11.4. The molecule has 1 unspecified atom stereocenters. The van der Waals surface area contributed by atoms with Crippen molar-refractivity contribution < 1.29 is 23.1 Å². The molecule has 176 valence electrons. The fourth-order valence-electron chi connectivity index (χ4n) is 4.14. The summed E-state index contributed by atoms with van der Waals surface area (Å²) in [5.41, 5.74) is 1.49. The van der Waals surface area contributed by atoms with E-state index in [0.717, 1.165) is 12.1 Å². The van der Waals surface area contributed by atoms with Gasteiger partial charge in [-0.1, -0.05) is 20.8 Å². The summed E-state index contributed by atoms with van der Waals surface area (Å²) in [6, 6.07) is 6.59. The highest BCUT2D eigenvalue weighted by molar-refractivity contribution is 6.74. The van der Waals surface area contributed by atoms with Gasteiger partial charge in [0.05, 0.1) is 23.9 Å². The Morgan fingerprint density at radius 1 is 1.21 bits per heavy atom. The molecule has 1 aliphatic rings. The molecule has 2 aromatic heterocycles. The number of pyridine rings is 1. The Labute approximate surface area is 192 Å². The monoisotopic (exact) mass is 473 g/mol. The lowest BCUT2D eigenvalue weighted by molar-refractivity contribution is 0.0699. The summed E-state index contributed by atoms with van der Waals surface area (Å²) in [4.78, 5) is 13.6. The van der Waals surface area contributed by atoms with Crippen LogP contribution in [0.5, 0.6) is 0 Å². The van der Waals surface area contributed by atoms with Crippen LogP contribution in [0.15, 0.2) is 42.7 Å². The van der Waals surface area contributed by atoms with E-state index in [0.29, 0.717) is 24.2 Å². The number of nitrogens with zero attached hydrogens (tertiary/aromatic N) is 3. The van der Waals surface area contributed by atoms with E-state index in [1.54, 1.807) is 12.3 Å². The third-order valence-electron chi connectivity index (χ3n) is 6.91. The lowest BCUT2D eigenvalue weighted by atomic mass is 10.0. The van der Waals surface area contributed by atoms with E-state index in [4.69, 9.17) is 4.43 Å². The number of halogens is 2. The molecule has 3 aromatic rings. The largest absolute Gasteiger partial charge is 0.478 e. The number of aromatic carboxylic acids is 1. The first-order chi connectivity index (χ1) is 15.4. The van der Waals surface area contributed by atoms with E-state index >= 15 is 0 Å². The molecule has 4 rings (SSSR count). The number of anilines is 1. The quantitative estimate of drug-likeness (QED) is 0.485. The van der Waals surface area contributed by atoms with Gasteiger partial charge < -0.3 is 14.4 Å². The van der Waals surface area contributed by atoms with Gasteiger partial charge in [-0.05, 0) is 54.9 Å². The lowest BCUT2D eigenvalue weighted by Crippen LogP contribution is -2.44. The van der Waals surface area contributed by atoms with Crippen LogP contribution >= 0.6 is 0 Å². The van der Waals surface area contributed by atoms with E-state index in [1.807, 2.05) is 11.0 Å². The third kappa shape index (κ3) is 4.39. The molecule has 0 amide bonds. The second kappa shape index (κ2) is 8.21. The summed E-state index contributed by atoms with van der Waals surface area (Å²) in [5, 5.41) is 13.6. The summed E-state index contributed by atoms with van der Waals surface area (Å²) >= 11 is 0. The SMILES string of the molecule is CC(C)(C)[Si](C)(C)O[C@@H]1CC(c2cc(F)ccc2F)N(c2ccn3ncc(C(=O)O)c3c2)C1. The Morgan fingerprint density at radius 2 is 1.94 bits per heavy atom. The predicted molar refractivity (Wildman–Crippen MR) is 125 cm³/mol. The first-order valence-electron chi connectivity index (χ1n) is 11.0. The Morgan fingerprint density at radius 3 is 2.61 bits per heavy atom. The van der Waals surface area contributed by atoms with E-state index < -0.39 is 32.0 Å². The van der Waals surface area contributed by atoms with Gasteiger partial charge in [-0.15, -0.1) is 0 Å². The van der Waals surface area contributed by atoms with Crippen LogP contribution in [0.4, 0.5) is 14.5 Å². The molecular formula is C24H29F2N3O3Si. The minimum absolute atomic E-state index is 0.00686. The second-order valence-electron chi connectivity index (χ2n) is 10.1. The molecule has 3 heterocycles. The molecule has 0 aliphatic carbocycles. The first kappa shape index (κ1) is 23.4. The van der Waals surface area contributed by atoms with Crippen molar-refractivity contribution in [1.82, 2.24) is 9.61 Å². The van der Waals surface area contributed by atoms with E-state index in [9.17, 15) is 18.7 Å². The molecular weight excluding hydrogens is 444 g/mol. The maximum Gasteiger partial charge on any atom is 0.339 e. The van der Waals surface area contributed by atoms with Crippen LogP contribution in [0.25, 0.3) is 5.52 Å². The first-order valence-corrected chi connectivity index (χ1v) is 13.9. The van der Waals surface area contributed by atoms with Crippen LogP contribution in [0.3, 0.4) is 0 Å². The normalized spacial score (nSPS) is 19.4. The van der Waals surface area contributed by atoms with E-state index in [1.165, 1.54) is 16.8 Å². The van der Waals surface area contributed by atoms with Crippen LogP contribution in [0.1, 0.15) is 49.2 Å². The van der Waals surface area contributed by atoms with Gasteiger partial charge in [-0.25, -0.2) is 18.1 Å². The smallest absolute Gasteiger partial charge is 0.339 e. The summed E-state index contributed by atoms with van der Waals surface area (Å²) in [6.07, 6.45) is 3.32. The highest BCUT2D eigenvalue weighted by Crippen LogP contribution is 2.43.